The number of H-pyrrole nitrogens is 1. The second kappa shape index (κ2) is 8.23. The first-order chi connectivity index (χ1) is 16.2. The summed E-state index contributed by atoms with van der Waals surface area (Å²) in [4.78, 5) is 34.5. The lowest BCUT2D eigenvalue weighted by Gasteiger charge is -2.22. The van der Waals surface area contributed by atoms with Gasteiger partial charge in [0.05, 0.1) is 0 Å². The second-order valence-electron chi connectivity index (χ2n) is 8.13. The number of benzene rings is 2. The van der Waals surface area contributed by atoms with E-state index in [-0.39, 0.29) is 24.5 Å². The first kappa shape index (κ1) is 22.1. The fourth-order valence-corrected chi connectivity index (χ4v) is 4.26. The first-order valence-corrected chi connectivity index (χ1v) is 10.8. The lowest BCUT2D eigenvalue weighted by molar-refractivity contribution is -0.149. The Balaban J connectivity index is 1.33. The Morgan fingerprint density at radius 3 is 2.88 bits per heavy atom. The summed E-state index contributed by atoms with van der Waals surface area (Å²) >= 11 is 5.83. The third-order valence-electron chi connectivity index (χ3n) is 5.72. The number of amides is 2. The standard InChI is InChI=1S/C23H19ClFN5O4/c1-12-27-20(34-29-12)19-9-14-8-17(2-3-18(14)28-19)30-5-4-23(33,22(30)32)21(31)26-11-13-6-15(24)10-16(25)7-13/h2-3,6-10,28,33H,4-5,11H2,1H3,(H,26,31). The lowest BCUT2D eigenvalue weighted by atomic mass is 10.0. The van der Waals surface area contributed by atoms with Crippen LogP contribution in [0.25, 0.3) is 22.5 Å². The van der Waals surface area contributed by atoms with Crippen molar-refractivity contribution in [2.75, 3.05) is 11.4 Å². The van der Waals surface area contributed by atoms with Crippen LogP contribution in [-0.4, -0.2) is 44.2 Å². The number of hydrogen-bond donors (Lipinski definition) is 3. The molecule has 5 rings (SSSR count). The molecule has 0 spiro atoms. The van der Waals surface area contributed by atoms with E-state index in [1.165, 1.54) is 17.0 Å². The van der Waals surface area contributed by atoms with Gasteiger partial charge >= 0.3 is 0 Å². The monoisotopic (exact) mass is 483 g/mol. The Labute approximate surface area is 197 Å². The van der Waals surface area contributed by atoms with E-state index in [0.717, 1.165) is 17.0 Å². The number of halogens is 2. The minimum Gasteiger partial charge on any atom is -0.372 e. The maximum Gasteiger partial charge on any atom is 0.274 e. The molecule has 4 aromatic rings. The molecule has 2 amide bonds. The molecule has 1 fully saturated rings. The van der Waals surface area contributed by atoms with Crippen LogP contribution >= 0.6 is 11.6 Å². The summed E-state index contributed by atoms with van der Waals surface area (Å²) in [6, 6.07) is 11.0. The van der Waals surface area contributed by atoms with Gasteiger partial charge in [-0.1, -0.05) is 16.8 Å². The second-order valence-corrected chi connectivity index (χ2v) is 8.57. The van der Waals surface area contributed by atoms with E-state index in [0.29, 0.717) is 28.7 Å². The van der Waals surface area contributed by atoms with Crippen molar-refractivity contribution in [1.29, 1.82) is 0 Å². The average Bonchev–Trinajstić information content (AvgIpc) is 3.49. The van der Waals surface area contributed by atoms with Gasteiger partial charge in [-0.3, -0.25) is 9.59 Å². The van der Waals surface area contributed by atoms with Gasteiger partial charge < -0.3 is 24.8 Å². The van der Waals surface area contributed by atoms with Crippen molar-refractivity contribution in [1.82, 2.24) is 20.4 Å². The lowest BCUT2D eigenvalue weighted by Crippen LogP contribution is -2.52. The SMILES string of the molecule is Cc1noc(-c2cc3cc(N4CCC(O)(C(=O)NCc5cc(F)cc(Cl)c5)C4=O)ccc3[nH]2)n1. The van der Waals surface area contributed by atoms with Crippen molar-refractivity contribution < 1.29 is 23.6 Å². The molecule has 0 radical (unpaired) electrons. The van der Waals surface area contributed by atoms with Crippen LogP contribution in [0.3, 0.4) is 0 Å². The molecule has 1 aliphatic heterocycles. The largest absolute Gasteiger partial charge is 0.372 e. The molecule has 2 aromatic carbocycles. The number of nitrogens with zero attached hydrogens (tertiary/aromatic N) is 3. The average molecular weight is 484 g/mol. The van der Waals surface area contributed by atoms with Crippen LogP contribution in [-0.2, 0) is 16.1 Å². The highest BCUT2D eigenvalue weighted by atomic mass is 35.5. The van der Waals surface area contributed by atoms with Crippen molar-refractivity contribution in [3.05, 3.63) is 64.7 Å². The summed E-state index contributed by atoms with van der Waals surface area (Å²) in [6.45, 7) is 1.79. The molecule has 3 heterocycles. The number of aromatic amines is 1. The van der Waals surface area contributed by atoms with Crippen molar-refractivity contribution >= 4 is 40.0 Å². The highest BCUT2D eigenvalue weighted by Gasteiger charge is 2.51. The van der Waals surface area contributed by atoms with Gasteiger partial charge in [-0.05, 0) is 55.0 Å². The first-order valence-electron chi connectivity index (χ1n) is 10.4. The van der Waals surface area contributed by atoms with Crippen molar-refractivity contribution in [2.24, 2.45) is 0 Å². The van der Waals surface area contributed by atoms with Gasteiger partial charge in [0.1, 0.15) is 11.5 Å². The highest BCUT2D eigenvalue weighted by molar-refractivity contribution is 6.30. The van der Waals surface area contributed by atoms with Gasteiger partial charge in [-0.15, -0.1) is 0 Å². The summed E-state index contributed by atoms with van der Waals surface area (Å²) in [5.74, 6) is -1.27. The minimum atomic E-state index is -2.23. The summed E-state index contributed by atoms with van der Waals surface area (Å²) in [6.07, 6.45) is -0.0841. The number of hydrogen-bond acceptors (Lipinski definition) is 6. The number of anilines is 1. The minimum absolute atomic E-state index is 0.0841. The molecule has 9 nitrogen and oxygen atoms in total. The third-order valence-corrected chi connectivity index (χ3v) is 5.94. The predicted octanol–water partition coefficient (Wildman–Crippen LogP) is 3.10. The van der Waals surface area contributed by atoms with E-state index in [1.54, 1.807) is 25.1 Å². The quantitative estimate of drug-likeness (QED) is 0.375. The number of nitrogens with one attached hydrogen (secondary N) is 2. The molecule has 1 unspecified atom stereocenters. The number of aliphatic hydroxyl groups is 1. The van der Waals surface area contributed by atoms with E-state index in [1.807, 2.05) is 6.07 Å². The molecule has 174 valence electrons. The van der Waals surface area contributed by atoms with Gasteiger partial charge in [0.15, 0.2) is 5.82 Å². The molecule has 0 bridgehead atoms. The van der Waals surface area contributed by atoms with Crippen LogP contribution in [0, 0.1) is 12.7 Å². The predicted molar refractivity (Wildman–Crippen MR) is 122 cm³/mol. The maximum absolute atomic E-state index is 13.5. The van der Waals surface area contributed by atoms with Crippen molar-refractivity contribution in [3.63, 3.8) is 0 Å². The van der Waals surface area contributed by atoms with Gasteiger partial charge in [0.25, 0.3) is 17.7 Å². The van der Waals surface area contributed by atoms with Crippen molar-refractivity contribution in [2.45, 2.75) is 25.5 Å². The molecule has 0 aliphatic carbocycles. The fourth-order valence-electron chi connectivity index (χ4n) is 4.01. The van der Waals surface area contributed by atoms with Crippen LogP contribution in [0.2, 0.25) is 5.02 Å². The Bertz CT molecular complexity index is 1410. The number of carbonyl (C=O) groups excluding carboxylic acids is 2. The summed E-state index contributed by atoms with van der Waals surface area (Å²) in [7, 11) is 0. The molecule has 2 aromatic heterocycles. The Morgan fingerprint density at radius 2 is 2.15 bits per heavy atom. The number of carbonyl (C=O) groups is 2. The zero-order chi connectivity index (χ0) is 24.0. The maximum atomic E-state index is 13.5. The van der Waals surface area contributed by atoms with E-state index >= 15 is 0 Å². The van der Waals surface area contributed by atoms with Crippen LogP contribution in [0.4, 0.5) is 10.1 Å². The summed E-state index contributed by atoms with van der Waals surface area (Å²) in [5.41, 5.74) is 0.146. The van der Waals surface area contributed by atoms with Gasteiger partial charge in [0.2, 0.25) is 5.60 Å². The molecule has 34 heavy (non-hydrogen) atoms. The van der Waals surface area contributed by atoms with E-state index in [9.17, 15) is 19.1 Å². The summed E-state index contributed by atoms with van der Waals surface area (Å²) in [5, 5.41) is 18.1. The molecular formula is C23H19ClFN5O4. The third kappa shape index (κ3) is 3.91. The highest BCUT2D eigenvalue weighted by Crippen LogP contribution is 2.32. The number of rotatable bonds is 5. The topological polar surface area (TPSA) is 124 Å². The smallest absolute Gasteiger partial charge is 0.274 e. The molecule has 11 heteroatoms. The molecule has 0 saturated carbocycles. The van der Waals surface area contributed by atoms with E-state index in [4.69, 9.17) is 16.1 Å². The molecule has 1 saturated heterocycles. The number of fused-ring (bicyclic) bond motifs is 1. The fraction of sp³-hybridized carbons (Fsp3) is 0.217. The zero-order valence-corrected chi connectivity index (χ0v) is 18.7. The number of aromatic nitrogens is 3. The number of aryl methyl sites for hydroxylation is 1. The molecule has 1 aliphatic rings. The van der Waals surface area contributed by atoms with Gasteiger partial charge in [-0.25, -0.2) is 4.39 Å². The van der Waals surface area contributed by atoms with Gasteiger partial charge in [0, 0.05) is 41.1 Å². The van der Waals surface area contributed by atoms with Crippen LogP contribution in [0.1, 0.15) is 17.8 Å². The van der Waals surface area contributed by atoms with Crippen LogP contribution in [0.5, 0.6) is 0 Å². The molecular weight excluding hydrogens is 465 g/mol. The Kier molecular flexibility index (Phi) is 5.34. The van der Waals surface area contributed by atoms with Crippen molar-refractivity contribution in [3.8, 4) is 11.6 Å². The van der Waals surface area contributed by atoms with Gasteiger partial charge in [-0.2, -0.15) is 4.98 Å². The van der Waals surface area contributed by atoms with E-state index in [2.05, 4.69) is 20.4 Å². The molecule has 3 N–H and O–H groups in total. The summed E-state index contributed by atoms with van der Waals surface area (Å²) < 4.78 is 18.7. The van der Waals surface area contributed by atoms with E-state index < -0.39 is 23.2 Å². The van der Waals surface area contributed by atoms with Crippen LogP contribution in [0.15, 0.2) is 47.0 Å². The Hall–Kier alpha value is -3.76. The molecule has 1 atom stereocenters. The normalized spacial score (nSPS) is 18.1. The Morgan fingerprint density at radius 1 is 1.32 bits per heavy atom. The zero-order valence-electron chi connectivity index (χ0n) is 17.9. The van der Waals surface area contributed by atoms with Crippen LogP contribution < -0.4 is 10.2 Å².